The van der Waals surface area contributed by atoms with E-state index in [-0.39, 0.29) is 5.41 Å². The van der Waals surface area contributed by atoms with Gasteiger partial charge in [-0.15, -0.1) is 0 Å². The molecule has 2 heteroatoms. The van der Waals surface area contributed by atoms with E-state index in [2.05, 4.69) is 25.8 Å². The van der Waals surface area contributed by atoms with Crippen LogP contribution in [-0.4, -0.2) is 5.71 Å². The van der Waals surface area contributed by atoms with Crippen molar-refractivity contribution in [1.82, 2.24) is 0 Å². The molecule has 1 aliphatic rings. The third-order valence-electron chi connectivity index (χ3n) is 1.32. The zero-order valence-corrected chi connectivity index (χ0v) is 6.10. The lowest BCUT2D eigenvalue weighted by molar-refractivity contribution is 0.586. The fourth-order valence-electron chi connectivity index (χ4n) is 0.830. The summed E-state index contributed by atoms with van der Waals surface area (Å²) in [7, 11) is 0. The van der Waals surface area contributed by atoms with Gasteiger partial charge in [0.25, 0.3) is 0 Å². The Bertz CT molecular complexity index is 182. The first-order chi connectivity index (χ1) is 4.02. The van der Waals surface area contributed by atoms with Gasteiger partial charge in [-0.3, -0.25) is 4.99 Å². The highest BCUT2D eigenvalue weighted by Crippen LogP contribution is 2.23. The Labute approximate surface area is 55.5 Å². The standard InChI is InChI=1S/C7H12N2/c1-7(2,3)6-5(8)4-9-6/h4H,8H2,1-3H3. The number of nitrogens with two attached hydrogens (primary N) is 1. The predicted octanol–water partition coefficient (Wildman–Crippen LogP) is 1.29. The summed E-state index contributed by atoms with van der Waals surface area (Å²) >= 11 is 0. The first-order valence-electron chi connectivity index (χ1n) is 3.06. The van der Waals surface area contributed by atoms with E-state index in [0.717, 1.165) is 11.4 Å². The highest BCUT2D eigenvalue weighted by Gasteiger charge is 2.24. The maximum atomic E-state index is 5.54. The van der Waals surface area contributed by atoms with E-state index in [1.807, 2.05) is 0 Å². The van der Waals surface area contributed by atoms with Crippen LogP contribution >= 0.6 is 0 Å². The average molecular weight is 124 g/mol. The van der Waals surface area contributed by atoms with Crippen LogP contribution in [0.15, 0.2) is 16.9 Å². The van der Waals surface area contributed by atoms with Gasteiger partial charge in [0.05, 0.1) is 17.6 Å². The van der Waals surface area contributed by atoms with Crippen molar-refractivity contribution in [3.8, 4) is 0 Å². The summed E-state index contributed by atoms with van der Waals surface area (Å²) in [5.41, 5.74) is 7.53. The number of nitrogens with zero attached hydrogens (tertiary/aromatic N) is 1. The second-order valence-corrected chi connectivity index (χ2v) is 3.31. The fraction of sp³-hybridized carbons (Fsp3) is 0.571. The third-order valence-corrected chi connectivity index (χ3v) is 1.32. The Kier molecular flexibility index (Phi) is 1.12. The highest BCUT2D eigenvalue weighted by atomic mass is 14.9. The number of rotatable bonds is 0. The van der Waals surface area contributed by atoms with Crippen LogP contribution in [-0.2, 0) is 0 Å². The molecule has 0 amide bonds. The third kappa shape index (κ3) is 0.969. The Hall–Kier alpha value is -0.790. The van der Waals surface area contributed by atoms with Crippen molar-refractivity contribution in [2.45, 2.75) is 20.8 Å². The van der Waals surface area contributed by atoms with Gasteiger partial charge in [-0.25, -0.2) is 0 Å². The van der Waals surface area contributed by atoms with E-state index < -0.39 is 0 Å². The van der Waals surface area contributed by atoms with Gasteiger partial charge in [0, 0.05) is 5.41 Å². The van der Waals surface area contributed by atoms with Crippen molar-refractivity contribution >= 4 is 5.71 Å². The van der Waals surface area contributed by atoms with Gasteiger partial charge in [-0.2, -0.15) is 0 Å². The first-order valence-corrected chi connectivity index (χ1v) is 3.06. The van der Waals surface area contributed by atoms with Crippen LogP contribution in [0.3, 0.4) is 0 Å². The molecule has 0 fully saturated rings. The largest absolute Gasteiger partial charge is 0.396 e. The highest BCUT2D eigenvalue weighted by molar-refractivity contribution is 6.07. The molecule has 0 saturated carbocycles. The van der Waals surface area contributed by atoms with Crippen LogP contribution in [0.2, 0.25) is 0 Å². The van der Waals surface area contributed by atoms with E-state index in [4.69, 9.17) is 5.73 Å². The molecule has 0 radical (unpaired) electrons. The van der Waals surface area contributed by atoms with Crippen LogP contribution in [0.5, 0.6) is 0 Å². The monoisotopic (exact) mass is 124 g/mol. The Balaban J connectivity index is 2.68. The molecule has 50 valence electrons. The van der Waals surface area contributed by atoms with Crippen LogP contribution in [0.4, 0.5) is 0 Å². The number of hydrogen-bond donors (Lipinski definition) is 1. The molecule has 0 aliphatic carbocycles. The maximum absolute atomic E-state index is 5.54. The quantitative estimate of drug-likeness (QED) is 0.519. The summed E-state index contributed by atoms with van der Waals surface area (Å²) < 4.78 is 0. The zero-order valence-electron chi connectivity index (χ0n) is 6.10. The van der Waals surface area contributed by atoms with Gasteiger partial charge < -0.3 is 5.73 Å². The van der Waals surface area contributed by atoms with Crippen LogP contribution < -0.4 is 5.73 Å². The molecule has 0 aromatic carbocycles. The van der Waals surface area contributed by atoms with Gasteiger partial charge in [0.15, 0.2) is 0 Å². The molecule has 0 bridgehead atoms. The van der Waals surface area contributed by atoms with E-state index >= 15 is 0 Å². The summed E-state index contributed by atoms with van der Waals surface area (Å²) in [5, 5.41) is 0. The summed E-state index contributed by atoms with van der Waals surface area (Å²) in [6, 6.07) is 0. The van der Waals surface area contributed by atoms with Gasteiger partial charge in [-0.1, -0.05) is 20.8 Å². The molecule has 9 heavy (non-hydrogen) atoms. The molecule has 1 rings (SSSR count). The van der Waals surface area contributed by atoms with E-state index in [0.29, 0.717) is 0 Å². The van der Waals surface area contributed by atoms with E-state index in [1.165, 1.54) is 0 Å². The minimum atomic E-state index is 0.124. The molecule has 0 spiro atoms. The molecule has 0 atom stereocenters. The van der Waals surface area contributed by atoms with Crippen molar-refractivity contribution in [2.75, 3.05) is 0 Å². The summed E-state index contributed by atoms with van der Waals surface area (Å²) in [5.74, 6) is 0. The number of allylic oxidation sites excluding steroid dienone is 1. The normalized spacial score (nSPS) is 18.1. The first kappa shape index (κ1) is 6.33. The van der Waals surface area contributed by atoms with E-state index in [1.54, 1.807) is 6.20 Å². The van der Waals surface area contributed by atoms with Gasteiger partial charge >= 0.3 is 0 Å². The van der Waals surface area contributed by atoms with Crippen LogP contribution in [0.1, 0.15) is 20.8 Å². The van der Waals surface area contributed by atoms with Crippen LogP contribution in [0.25, 0.3) is 0 Å². The molecular weight excluding hydrogens is 112 g/mol. The Morgan fingerprint density at radius 1 is 1.44 bits per heavy atom. The molecule has 2 nitrogen and oxygen atoms in total. The van der Waals surface area contributed by atoms with Crippen molar-refractivity contribution < 1.29 is 0 Å². The van der Waals surface area contributed by atoms with Crippen molar-refractivity contribution in [3.63, 3.8) is 0 Å². The van der Waals surface area contributed by atoms with Crippen molar-refractivity contribution in [3.05, 3.63) is 11.9 Å². The molecule has 0 saturated heterocycles. The van der Waals surface area contributed by atoms with Gasteiger partial charge in [0.1, 0.15) is 0 Å². The van der Waals surface area contributed by atoms with Crippen molar-refractivity contribution in [1.29, 1.82) is 0 Å². The zero-order chi connectivity index (χ0) is 7.07. The SMILES string of the molecule is CC(C)(C)C1=NC=C1N. The summed E-state index contributed by atoms with van der Waals surface area (Å²) in [6.07, 6.45) is 1.70. The Morgan fingerprint density at radius 2 is 2.00 bits per heavy atom. The van der Waals surface area contributed by atoms with Crippen LogP contribution in [0, 0.1) is 5.41 Å². The topological polar surface area (TPSA) is 38.4 Å². The summed E-state index contributed by atoms with van der Waals surface area (Å²) in [4.78, 5) is 4.05. The maximum Gasteiger partial charge on any atom is 0.0724 e. The second-order valence-electron chi connectivity index (χ2n) is 3.31. The molecular formula is C7H12N2. The smallest absolute Gasteiger partial charge is 0.0724 e. The number of aliphatic imine (C=N–C) groups is 1. The van der Waals surface area contributed by atoms with E-state index in [9.17, 15) is 0 Å². The molecule has 0 unspecified atom stereocenters. The van der Waals surface area contributed by atoms with Gasteiger partial charge in [-0.05, 0) is 0 Å². The second kappa shape index (κ2) is 1.59. The molecule has 1 heterocycles. The minimum absolute atomic E-state index is 0.124. The average Bonchev–Trinajstić information content (AvgIpc) is 1.57. The summed E-state index contributed by atoms with van der Waals surface area (Å²) in [6.45, 7) is 6.31. The Morgan fingerprint density at radius 3 is 2.00 bits per heavy atom. The molecule has 2 N–H and O–H groups in total. The lowest BCUT2D eigenvalue weighted by atomic mass is 9.86. The molecule has 0 aromatic rings. The lowest BCUT2D eigenvalue weighted by Crippen LogP contribution is -2.30. The van der Waals surface area contributed by atoms with Gasteiger partial charge in [0.2, 0.25) is 0 Å². The molecule has 0 aromatic heterocycles. The lowest BCUT2D eigenvalue weighted by Gasteiger charge is -2.25. The molecule has 1 aliphatic heterocycles. The number of hydrogen-bond acceptors (Lipinski definition) is 2. The van der Waals surface area contributed by atoms with Crippen molar-refractivity contribution in [2.24, 2.45) is 16.1 Å². The minimum Gasteiger partial charge on any atom is -0.396 e. The predicted molar refractivity (Wildman–Crippen MR) is 39.2 cm³/mol. The fourth-order valence-corrected chi connectivity index (χ4v) is 0.830.